The van der Waals surface area contributed by atoms with Crippen molar-refractivity contribution in [3.8, 4) is 23.0 Å². The molecular formula is C15H9F6N5O3. The summed E-state index contributed by atoms with van der Waals surface area (Å²) < 4.78 is 86.8. The molecule has 3 rings (SSSR count). The molecule has 3 aromatic rings. The van der Waals surface area contributed by atoms with Gasteiger partial charge in [0.05, 0.1) is 12.7 Å². The molecule has 3 heterocycles. The molecule has 0 saturated carbocycles. The van der Waals surface area contributed by atoms with E-state index in [0.29, 0.717) is 0 Å². The molecule has 0 fully saturated rings. The Morgan fingerprint density at radius 1 is 1.07 bits per heavy atom. The van der Waals surface area contributed by atoms with Crippen molar-refractivity contribution in [2.24, 2.45) is 0 Å². The lowest BCUT2D eigenvalue weighted by Crippen LogP contribution is -2.25. The number of methoxy groups -OCH3 is 1. The van der Waals surface area contributed by atoms with Gasteiger partial charge in [-0.3, -0.25) is 9.20 Å². The van der Waals surface area contributed by atoms with Gasteiger partial charge >= 0.3 is 18.4 Å². The Morgan fingerprint density at radius 2 is 1.72 bits per heavy atom. The van der Waals surface area contributed by atoms with Gasteiger partial charge in [-0.2, -0.15) is 31.3 Å². The number of hydrogen-bond donors (Lipinski definition) is 0. The molecule has 0 aliphatic carbocycles. The van der Waals surface area contributed by atoms with Crippen molar-refractivity contribution in [1.82, 2.24) is 24.3 Å². The van der Waals surface area contributed by atoms with Crippen LogP contribution in [0.25, 0.3) is 16.9 Å². The van der Waals surface area contributed by atoms with Crippen LogP contribution < -0.4 is 15.0 Å². The lowest BCUT2D eigenvalue weighted by molar-refractivity contribution is -0.154. The van der Waals surface area contributed by atoms with Crippen LogP contribution in [0.3, 0.4) is 0 Å². The number of ether oxygens (including phenoxy) is 2. The van der Waals surface area contributed by atoms with Crippen LogP contribution in [0.2, 0.25) is 0 Å². The van der Waals surface area contributed by atoms with E-state index in [2.05, 4.69) is 24.7 Å². The molecular weight excluding hydrogens is 412 g/mol. The lowest BCUT2D eigenvalue weighted by Gasteiger charge is -2.13. The topological polar surface area (TPSA) is 91.5 Å². The highest BCUT2D eigenvalue weighted by Gasteiger charge is 2.38. The van der Waals surface area contributed by atoms with Crippen LogP contribution in [0.4, 0.5) is 26.3 Å². The molecule has 14 heteroatoms. The van der Waals surface area contributed by atoms with Crippen LogP contribution in [0.1, 0.15) is 5.69 Å². The van der Waals surface area contributed by atoms with E-state index in [1.165, 1.54) is 13.2 Å². The Bertz CT molecular complexity index is 1100. The zero-order chi connectivity index (χ0) is 21.4. The van der Waals surface area contributed by atoms with Gasteiger partial charge in [-0.05, 0) is 0 Å². The molecule has 0 saturated heterocycles. The van der Waals surface area contributed by atoms with Gasteiger partial charge in [0.1, 0.15) is 0 Å². The van der Waals surface area contributed by atoms with Crippen molar-refractivity contribution in [1.29, 1.82) is 0 Å². The first-order chi connectivity index (χ1) is 13.5. The van der Waals surface area contributed by atoms with E-state index in [9.17, 15) is 31.1 Å². The summed E-state index contributed by atoms with van der Waals surface area (Å²) in [7, 11) is 1.23. The summed E-state index contributed by atoms with van der Waals surface area (Å²) in [5.74, 6) is -0.622. The van der Waals surface area contributed by atoms with E-state index < -0.39 is 53.1 Å². The van der Waals surface area contributed by atoms with Gasteiger partial charge in [-0.25, -0.2) is 15.0 Å². The van der Waals surface area contributed by atoms with E-state index in [4.69, 9.17) is 4.74 Å². The minimum absolute atomic E-state index is 0.0627. The van der Waals surface area contributed by atoms with E-state index in [0.717, 1.165) is 23.0 Å². The molecule has 0 aliphatic heterocycles. The predicted octanol–water partition coefficient (Wildman–Crippen LogP) is 2.52. The molecule has 0 radical (unpaired) electrons. The van der Waals surface area contributed by atoms with Crippen LogP contribution in [-0.4, -0.2) is 44.2 Å². The van der Waals surface area contributed by atoms with Gasteiger partial charge in [0, 0.05) is 30.2 Å². The Balaban J connectivity index is 2.13. The first-order valence-corrected chi connectivity index (χ1v) is 7.56. The average molecular weight is 421 g/mol. The summed E-state index contributed by atoms with van der Waals surface area (Å²) in [6.45, 7) is -1.69. The third-order valence-electron chi connectivity index (χ3n) is 3.43. The summed E-state index contributed by atoms with van der Waals surface area (Å²) in [4.78, 5) is 26.6. The summed E-state index contributed by atoms with van der Waals surface area (Å²) in [6, 6.07) is 0.512. The molecule has 0 amide bonds. The molecule has 0 bridgehead atoms. The summed E-state index contributed by atoms with van der Waals surface area (Å²) in [5, 5.41) is 0. The number of halogens is 6. The molecule has 0 atom stereocenters. The van der Waals surface area contributed by atoms with Gasteiger partial charge in [0.15, 0.2) is 12.3 Å². The Morgan fingerprint density at radius 3 is 2.28 bits per heavy atom. The zero-order valence-corrected chi connectivity index (χ0v) is 14.2. The van der Waals surface area contributed by atoms with Crippen molar-refractivity contribution in [2.75, 3.05) is 13.7 Å². The number of alkyl halides is 6. The number of fused-ring (bicyclic) bond motifs is 1. The van der Waals surface area contributed by atoms with Crippen LogP contribution in [0, 0.1) is 0 Å². The molecule has 0 unspecified atom stereocenters. The van der Waals surface area contributed by atoms with Crippen molar-refractivity contribution >= 4 is 5.78 Å². The van der Waals surface area contributed by atoms with Crippen LogP contribution in [-0.2, 0) is 6.18 Å². The van der Waals surface area contributed by atoms with E-state index in [1.807, 2.05) is 0 Å². The fourth-order valence-electron chi connectivity index (χ4n) is 2.25. The van der Waals surface area contributed by atoms with Crippen molar-refractivity contribution in [2.45, 2.75) is 12.4 Å². The molecule has 154 valence electrons. The highest BCUT2D eigenvalue weighted by Crippen LogP contribution is 2.34. The summed E-state index contributed by atoms with van der Waals surface area (Å²) in [5.41, 5.74) is -4.01. The van der Waals surface area contributed by atoms with E-state index in [1.54, 1.807) is 0 Å². The van der Waals surface area contributed by atoms with Crippen molar-refractivity contribution in [3.63, 3.8) is 0 Å². The fourth-order valence-corrected chi connectivity index (χ4v) is 2.25. The first-order valence-electron chi connectivity index (χ1n) is 7.56. The van der Waals surface area contributed by atoms with E-state index >= 15 is 0 Å². The molecule has 8 nitrogen and oxygen atoms in total. The quantitative estimate of drug-likeness (QED) is 0.598. The third-order valence-corrected chi connectivity index (χ3v) is 3.43. The lowest BCUT2D eigenvalue weighted by atomic mass is 10.1. The monoisotopic (exact) mass is 421 g/mol. The number of nitrogens with zero attached hydrogens (tertiary/aromatic N) is 5. The average Bonchev–Trinajstić information content (AvgIpc) is 2.65. The minimum Gasteiger partial charge on any atom is -0.481 e. The predicted molar refractivity (Wildman–Crippen MR) is 83.4 cm³/mol. The SMILES string of the molecule is COc1ccn2c(=O)c(-c3cnc(OCC(F)(F)F)nc3)c(C(F)(F)F)nc2n1. The van der Waals surface area contributed by atoms with Gasteiger partial charge in [-0.15, -0.1) is 0 Å². The van der Waals surface area contributed by atoms with Gasteiger partial charge in [-0.1, -0.05) is 0 Å². The highest BCUT2D eigenvalue weighted by molar-refractivity contribution is 5.65. The van der Waals surface area contributed by atoms with Crippen molar-refractivity contribution < 1.29 is 35.8 Å². The second kappa shape index (κ2) is 7.18. The number of rotatable bonds is 4. The smallest absolute Gasteiger partial charge is 0.434 e. The van der Waals surface area contributed by atoms with Crippen LogP contribution >= 0.6 is 0 Å². The first kappa shape index (κ1) is 20.3. The van der Waals surface area contributed by atoms with Gasteiger partial charge in [0.25, 0.3) is 5.56 Å². The van der Waals surface area contributed by atoms with Gasteiger partial charge in [0.2, 0.25) is 11.7 Å². The standard InChI is InChI=1S/C15H9F6N5O3/c1-28-8-2-3-26-11(27)9(10(15(19,20)21)25-12(26)24-8)7-4-22-13(23-5-7)29-6-14(16,17)18/h2-5H,6H2,1H3. The Labute approximate surface area is 156 Å². The zero-order valence-electron chi connectivity index (χ0n) is 14.2. The third kappa shape index (κ3) is 4.35. The Kier molecular flexibility index (Phi) is 5.02. The van der Waals surface area contributed by atoms with Crippen LogP contribution in [0.5, 0.6) is 11.9 Å². The molecule has 0 N–H and O–H groups in total. The number of hydrogen-bond acceptors (Lipinski definition) is 7. The summed E-state index contributed by atoms with van der Waals surface area (Å²) >= 11 is 0. The molecule has 0 spiro atoms. The molecule has 0 aromatic carbocycles. The molecule has 29 heavy (non-hydrogen) atoms. The van der Waals surface area contributed by atoms with Crippen LogP contribution in [0.15, 0.2) is 29.5 Å². The van der Waals surface area contributed by atoms with E-state index in [-0.39, 0.29) is 5.88 Å². The molecule has 3 aromatic heterocycles. The second-order valence-corrected chi connectivity index (χ2v) is 5.44. The number of aromatic nitrogens is 5. The highest BCUT2D eigenvalue weighted by atomic mass is 19.4. The van der Waals surface area contributed by atoms with Gasteiger partial charge < -0.3 is 9.47 Å². The maximum atomic E-state index is 13.5. The maximum Gasteiger partial charge on any atom is 0.434 e. The fraction of sp³-hybridized carbons (Fsp3) is 0.267. The minimum atomic E-state index is -5.04. The normalized spacial score (nSPS) is 12.2. The second-order valence-electron chi connectivity index (χ2n) is 5.44. The summed E-state index contributed by atoms with van der Waals surface area (Å²) in [6.07, 6.45) is -7.12. The molecule has 0 aliphatic rings. The Hall–Kier alpha value is -3.45. The maximum absolute atomic E-state index is 13.5. The largest absolute Gasteiger partial charge is 0.481 e. The van der Waals surface area contributed by atoms with Crippen molar-refractivity contribution in [3.05, 3.63) is 40.7 Å².